The molecule has 0 amide bonds. The fraction of sp³-hybridized carbons (Fsp3) is 0.545. The van der Waals surface area contributed by atoms with Crippen molar-refractivity contribution in [1.29, 1.82) is 0 Å². The second kappa shape index (κ2) is 7.34. The number of hydrogen-bond donors (Lipinski definition) is 1. The minimum absolute atomic E-state index is 0.0186. The molecule has 1 aromatic rings. The van der Waals surface area contributed by atoms with Crippen molar-refractivity contribution in [3.63, 3.8) is 0 Å². The molecule has 0 bridgehead atoms. The van der Waals surface area contributed by atoms with Gasteiger partial charge in [-0.2, -0.15) is 0 Å². The summed E-state index contributed by atoms with van der Waals surface area (Å²) >= 11 is 13.0. The summed E-state index contributed by atoms with van der Waals surface area (Å²) in [5, 5.41) is 3.07. The van der Waals surface area contributed by atoms with Crippen LogP contribution in [-0.4, -0.2) is 44.4 Å². The molecule has 0 saturated heterocycles. The second-order valence-corrected chi connectivity index (χ2v) is 6.14. The van der Waals surface area contributed by atoms with E-state index < -0.39 is 0 Å². The maximum atomic E-state index is 11.9. The summed E-state index contributed by atoms with van der Waals surface area (Å²) in [5.41, 5.74) is 0.530. The SMILES string of the molecule is CNCCCN(C)CC(=O)c1cc(Cl)sc1Cl. The lowest BCUT2D eigenvalue weighted by Gasteiger charge is -2.15. The van der Waals surface area contributed by atoms with Crippen molar-refractivity contribution in [2.75, 3.05) is 33.7 Å². The summed E-state index contributed by atoms with van der Waals surface area (Å²) in [7, 11) is 3.84. The molecule has 1 N–H and O–H groups in total. The summed E-state index contributed by atoms with van der Waals surface area (Å²) in [6, 6.07) is 1.64. The van der Waals surface area contributed by atoms with Crippen molar-refractivity contribution in [3.8, 4) is 0 Å². The number of hydrogen-bond acceptors (Lipinski definition) is 4. The lowest BCUT2D eigenvalue weighted by Crippen LogP contribution is -2.28. The summed E-state index contributed by atoms with van der Waals surface area (Å²) < 4.78 is 1.03. The molecule has 6 heteroatoms. The van der Waals surface area contributed by atoms with Gasteiger partial charge in [-0.15, -0.1) is 11.3 Å². The van der Waals surface area contributed by atoms with Crippen LogP contribution in [0.1, 0.15) is 16.8 Å². The molecule has 1 aromatic heterocycles. The van der Waals surface area contributed by atoms with E-state index in [1.165, 1.54) is 11.3 Å². The van der Waals surface area contributed by atoms with Crippen LogP contribution in [0.3, 0.4) is 0 Å². The molecule has 0 atom stereocenters. The Hall–Kier alpha value is -0.130. The van der Waals surface area contributed by atoms with E-state index in [0.717, 1.165) is 19.5 Å². The third-order valence-corrected chi connectivity index (χ3v) is 3.82. The van der Waals surface area contributed by atoms with E-state index >= 15 is 0 Å². The lowest BCUT2D eigenvalue weighted by molar-refractivity contribution is 0.0946. The van der Waals surface area contributed by atoms with Gasteiger partial charge >= 0.3 is 0 Å². The van der Waals surface area contributed by atoms with Crippen LogP contribution < -0.4 is 5.32 Å². The van der Waals surface area contributed by atoms with Crippen LogP contribution in [0.4, 0.5) is 0 Å². The predicted octanol–water partition coefficient (Wildman–Crippen LogP) is 2.78. The maximum absolute atomic E-state index is 11.9. The zero-order valence-corrected chi connectivity index (χ0v) is 12.3. The van der Waals surface area contributed by atoms with Crippen LogP contribution in [0.5, 0.6) is 0 Å². The van der Waals surface area contributed by atoms with Gasteiger partial charge in [0.1, 0.15) is 4.34 Å². The molecule has 0 saturated carbocycles. The number of rotatable bonds is 7. The van der Waals surface area contributed by atoms with E-state index in [1.54, 1.807) is 6.07 Å². The van der Waals surface area contributed by atoms with Gasteiger partial charge in [-0.25, -0.2) is 0 Å². The Balaban J connectivity index is 2.46. The van der Waals surface area contributed by atoms with E-state index in [-0.39, 0.29) is 5.78 Å². The highest BCUT2D eigenvalue weighted by Crippen LogP contribution is 2.31. The lowest BCUT2D eigenvalue weighted by atomic mass is 10.2. The maximum Gasteiger partial charge on any atom is 0.179 e. The van der Waals surface area contributed by atoms with Gasteiger partial charge in [-0.1, -0.05) is 23.2 Å². The molecule has 1 rings (SSSR count). The third-order valence-electron chi connectivity index (χ3n) is 2.34. The molecule has 0 aliphatic carbocycles. The molecule has 17 heavy (non-hydrogen) atoms. The van der Waals surface area contributed by atoms with Crippen LogP contribution in [0.15, 0.2) is 6.07 Å². The molecule has 0 aliphatic heterocycles. The number of nitrogens with one attached hydrogen (secondary N) is 1. The topological polar surface area (TPSA) is 32.3 Å². The molecule has 3 nitrogen and oxygen atoms in total. The smallest absolute Gasteiger partial charge is 0.179 e. The van der Waals surface area contributed by atoms with Gasteiger partial charge < -0.3 is 5.32 Å². The fourth-order valence-electron chi connectivity index (χ4n) is 1.47. The van der Waals surface area contributed by atoms with Gasteiger partial charge in [0, 0.05) is 0 Å². The van der Waals surface area contributed by atoms with Crippen molar-refractivity contribution in [2.45, 2.75) is 6.42 Å². The minimum Gasteiger partial charge on any atom is -0.320 e. The van der Waals surface area contributed by atoms with E-state index in [4.69, 9.17) is 23.2 Å². The van der Waals surface area contributed by atoms with Crippen molar-refractivity contribution < 1.29 is 4.79 Å². The van der Waals surface area contributed by atoms with E-state index in [1.807, 2.05) is 19.0 Å². The largest absolute Gasteiger partial charge is 0.320 e. The molecule has 0 unspecified atom stereocenters. The Bertz CT molecular complexity index is 382. The summed E-state index contributed by atoms with van der Waals surface area (Å²) in [6.45, 7) is 2.20. The van der Waals surface area contributed by atoms with E-state index in [9.17, 15) is 4.79 Å². The molecule has 0 radical (unpaired) electrons. The highest BCUT2D eigenvalue weighted by Gasteiger charge is 2.15. The van der Waals surface area contributed by atoms with Crippen LogP contribution in [0, 0.1) is 0 Å². The van der Waals surface area contributed by atoms with Crippen LogP contribution in [0.2, 0.25) is 8.67 Å². The molecule has 0 aliphatic rings. The molecule has 1 heterocycles. The number of likely N-dealkylation sites (N-methyl/N-ethyl adjacent to an activating group) is 1. The fourth-order valence-corrected chi connectivity index (χ4v) is 2.96. The van der Waals surface area contributed by atoms with E-state index in [2.05, 4.69) is 5.32 Å². The summed E-state index contributed by atoms with van der Waals surface area (Å²) in [4.78, 5) is 13.9. The van der Waals surface area contributed by atoms with Crippen molar-refractivity contribution in [3.05, 3.63) is 20.3 Å². The number of ketones is 1. The van der Waals surface area contributed by atoms with Crippen molar-refractivity contribution in [1.82, 2.24) is 10.2 Å². The zero-order valence-electron chi connectivity index (χ0n) is 9.93. The monoisotopic (exact) mass is 294 g/mol. The van der Waals surface area contributed by atoms with Gasteiger partial charge in [0.05, 0.1) is 16.4 Å². The van der Waals surface area contributed by atoms with Crippen molar-refractivity contribution in [2.24, 2.45) is 0 Å². The average molecular weight is 295 g/mol. The summed E-state index contributed by atoms with van der Waals surface area (Å²) in [6.07, 6.45) is 1.01. The Labute approximate surface area is 116 Å². The standard InChI is InChI=1S/C11H16Cl2N2OS/c1-14-4-3-5-15(2)7-9(16)8-6-10(12)17-11(8)13/h6,14H,3-5,7H2,1-2H3. The number of halogens is 2. The Morgan fingerprint density at radius 1 is 1.53 bits per heavy atom. The Morgan fingerprint density at radius 3 is 2.76 bits per heavy atom. The average Bonchev–Trinajstić information content (AvgIpc) is 2.58. The zero-order chi connectivity index (χ0) is 12.8. The molecular formula is C11H16Cl2N2OS. The minimum atomic E-state index is 0.0186. The molecule has 96 valence electrons. The number of carbonyl (C=O) groups is 1. The van der Waals surface area contributed by atoms with Crippen molar-refractivity contribution >= 4 is 40.3 Å². The first-order valence-corrected chi connectivity index (χ1v) is 6.93. The first-order valence-electron chi connectivity index (χ1n) is 5.35. The Morgan fingerprint density at radius 2 is 2.24 bits per heavy atom. The molecule has 0 spiro atoms. The van der Waals surface area contributed by atoms with Crippen LogP contribution in [0.25, 0.3) is 0 Å². The highest BCUT2D eigenvalue weighted by atomic mass is 35.5. The quantitative estimate of drug-likeness (QED) is 0.620. The molecule has 0 aromatic carbocycles. The number of thiophene rings is 1. The van der Waals surface area contributed by atoms with Gasteiger partial charge in [0.25, 0.3) is 0 Å². The van der Waals surface area contributed by atoms with E-state index in [0.29, 0.717) is 20.8 Å². The normalized spacial score (nSPS) is 11.1. The first kappa shape index (κ1) is 14.9. The number of Topliss-reactive ketones (excluding diaryl/α,β-unsaturated/α-hetero) is 1. The second-order valence-electron chi connectivity index (χ2n) is 3.86. The number of nitrogens with zero attached hydrogens (tertiary/aromatic N) is 1. The number of carbonyl (C=O) groups excluding carboxylic acids is 1. The highest BCUT2D eigenvalue weighted by molar-refractivity contribution is 7.20. The summed E-state index contributed by atoms with van der Waals surface area (Å²) in [5.74, 6) is 0.0186. The predicted molar refractivity (Wildman–Crippen MR) is 74.7 cm³/mol. The van der Waals surface area contributed by atoms with Gasteiger partial charge in [-0.05, 0) is 39.7 Å². The van der Waals surface area contributed by atoms with Crippen LogP contribution in [-0.2, 0) is 0 Å². The molecular weight excluding hydrogens is 279 g/mol. The third kappa shape index (κ3) is 4.94. The van der Waals surface area contributed by atoms with Gasteiger partial charge in [0.15, 0.2) is 5.78 Å². The van der Waals surface area contributed by atoms with Crippen LogP contribution >= 0.6 is 34.5 Å². The molecule has 0 fully saturated rings. The van der Waals surface area contributed by atoms with Gasteiger partial charge in [0.2, 0.25) is 0 Å². The van der Waals surface area contributed by atoms with Gasteiger partial charge in [-0.3, -0.25) is 9.69 Å². The Kier molecular flexibility index (Phi) is 6.44. The first-order chi connectivity index (χ1) is 8.04.